The van der Waals surface area contributed by atoms with Gasteiger partial charge < -0.3 is 4.57 Å². The van der Waals surface area contributed by atoms with Crippen LogP contribution in [0, 0.1) is 0 Å². The number of unbranched alkanes of at least 4 members (excludes halogenated alkanes) is 15. The zero-order valence-electron chi connectivity index (χ0n) is 19.8. The van der Waals surface area contributed by atoms with E-state index in [9.17, 15) is 4.57 Å². The minimum absolute atomic E-state index is 0.733. The Morgan fingerprint density at radius 1 is 0.464 bits per heavy atom. The zero-order chi connectivity index (χ0) is 21.3. The van der Waals surface area contributed by atoms with Crippen LogP contribution < -0.4 is 0 Å². The van der Waals surface area contributed by atoms with E-state index in [4.69, 9.17) is 0 Å². The van der Waals surface area contributed by atoms with Crippen LogP contribution in [0.25, 0.3) is 0 Å². The van der Waals surface area contributed by atoms with E-state index < -0.39 is 7.14 Å². The average Bonchev–Trinajstić information content (AvgIpc) is 2.71. The molecule has 0 saturated heterocycles. The van der Waals surface area contributed by atoms with Crippen molar-refractivity contribution in [2.75, 3.05) is 18.5 Å². The topological polar surface area (TPSA) is 17.1 Å². The fourth-order valence-corrected chi connectivity index (χ4v) is 6.95. The van der Waals surface area contributed by atoms with Gasteiger partial charge in [0.25, 0.3) is 0 Å². The summed E-state index contributed by atoms with van der Waals surface area (Å²) >= 11 is 0.733. The van der Waals surface area contributed by atoms with E-state index in [2.05, 4.69) is 29.4 Å². The third kappa shape index (κ3) is 23.6. The molecule has 0 radical (unpaired) electrons. The molecule has 0 saturated carbocycles. The molecule has 0 aliphatic heterocycles. The first-order valence-corrected chi connectivity index (χ1v) is 20.3. The van der Waals surface area contributed by atoms with Gasteiger partial charge in [0.15, 0.2) is 0 Å². The van der Waals surface area contributed by atoms with Crippen molar-refractivity contribution in [3.8, 4) is 0 Å². The fourth-order valence-electron chi connectivity index (χ4n) is 3.88. The second-order valence-corrected chi connectivity index (χ2v) is 12.0. The summed E-state index contributed by atoms with van der Waals surface area (Å²) in [6.07, 6.45) is 26.9. The molecule has 4 heteroatoms. The minimum atomic E-state index is -1.89. The predicted octanol–water partition coefficient (Wildman–Crippen LogP) is 10.1. The Morgan fingerprint density at radius 3 is 0.929 bits per heavy atom. The molecule has 0 spiro atoms. The maximum absolute atomic E-state index is 13.5. The zero-order valence-corrected chi connectivity index (χ0v) is 25.6. The van der Waals surface area contributed by atoms with Gasteiger partial charge in [-0.05, 0) is 19.3 Å². The standard InChI is InChI=1S/C24H51OP.Cd.S/c1-4-7-10-13-16-19-22-26(25,23-20-17-14-11-8-5-2)24-21-18-15-12-9-6-3;;/h4-24H2,1-3H3;;. The van der Waals surface area contributed by atoms with E-state index >= 15 is 0 Å². The first kappa shape index (κ1) is 31.6. The van der Waals surface area contributed by atoms with Gasteiger partial charge in [0.1, 0.15) is 0 Å². The van der Waals surface area contributed by atoms with Crippen molar-refractivity contribution in [2.24, 2.45) is 0 Å². The SMILES string of the molecule is CCCCCCCCP(=O)(CCCCCCCC)CCCCCCCC.[S]=[Cd]. The van der Waals surface area contributed by atoms with Crippen LogP contribution in [0.2, 0.25) is 0 Å². The fraction of sp³-hybridized carbons (Fsp3) is 1.00. The van der Waals surface area contributed by atoms with Crippen LogP contribution in [-0.2, 0) is 28.2 Å². The van der Waals surface area contributed by atoms with Crippen molar-refractivity contribution >= 4 is 15.8 Å². The number of hydrogen-bond acceptors (Lipinski definition) is 2. The first-order chi connectivity index (χ1) is 13.7. The van der Waals surface area contributed by atoms with Crippen LogP contribution in [0.5, 0.6) is 0 Å². The molecule has 0 N–H and O–H groups in total. The molecule has 0 fully saturated rings. The summed E-state index contributed by atoms with van der Waals surface area (Å²) in [6, 6.07) is 0. The molecule has 0 aromatic carbocycles. The molecule has 0 aromatic rings. The molecule has 0 atom stereocenters. The van der Waals surface area contributed by atoms with E-state index in [0.717, 1.165) is 42.2 Å². The molecule has 0 rings (SSSR count). The van der Waals surface area contributed by atoms with E-state index in [-0.39, 0.29) is 0 Å². The molecular weight excluding hydrogens is 480 g/mol. The molecule has 28 heavy (non-hydrogen) atoms. The summed E-state index contributed by atoms with van der Waals surface area (Å²) < 4.78 is 13.5. The van der Waals surface area contributed by atoms with Crippen LogP contribution in [0.4, 0.5) is 0 Å². The Hall–Kier alpha value is 1.37. The molecule has 0 aliphatic carbocycles. The van der Waals surface area contributed by atoms with Gasteiger partial charge in [-0.3, -0.25) is 0 Å². The van der Waals surface area contributed by atoms with E-state index in [1.54, 1.807) is 0 Å². The summed E-state index contributed by atoms with van der Waals surface area (Å²) in [6.45, 7) is 6.82. The van der Waals surface area contributed by atoms with Gasteiger partial charge in [0.05, 0.1) is 7.14 Å². The molecular formula is C24H51CdOPS. The van der Waals surface area contributed by atoms with Gasteiger partial charge in [-0.2, -0.15) is 0 Å². The molecule has 166 valence electrons. The van der Waals surface area contributed by atoms with Crippen molar-refractivity contribution in [3.05, 3.63) is 0 Å². The second-order valence-electron chi connectivity index (χ2n) is 8.53. The van der Waals surface area contributed by atoms with Gasteiger partial charge in [-0.1, -0.05) is 117 Å². The Morgan fingerprint density at radius 2 is 0.679 bits per heavy atom. The number of hydrogen-bond donors (Lipinski definition) is 0. The van der Waals surface area contributed by atoms with Gasteiger partial charge in [-0.25, -0.2) is 0 Å². The Balaban J connectivity index is 0. The van der Waals surface area contributed by atoms with Gasteiger partial charge in [0, 0.05) is 18.5 Å². The summed E-state index contributed by atoms with van der Waals surface area (Å²) in [5, 5.41) is 0. The van der Waals surface area contributed by atoms with Crippen LogP contribution in [0.3, 0.4) is 0 Å². The molecule has 1 nitrogen and oxygen atoms in total. The van der Waals surface area contributed by atoms with Gasteiger partial charge >= 0.3 is 32.3 Å². The van der Waals surface area contributed by atoms with E-state index in [1.807, 2.05) is 0 Å². The van der Waals surface area contributed by atoms with E-state index in [0.29, 0.717) is 0 Å². The average molecular weight is 531 g/mol. The van der Waals surface area contributed by atoms with Gasteiger partial charge in [-0.15, -0.1) is 0 Å². The third-order valence-corrected chi connectivity index (χ3v) is 9.15. The molecule has 0 unspecified atom stereocenters. The first-order valence-electron chi connectivity index (χ1n) is 12.5. The van der Waals surface area contributed by atoms with Crippen molar-refractivity contribution in [1.82, 2.24) is 0 Å². The molecule has 0 aliphatic rings. The van der Waals surface area contributed by atoms with Crippen LogP contribution in [0.15, 0.2) is 0 Å². The van der Waals surface area contributed by atoms with Crippen molar-refractivity contribution in [3.63, 3.8) is 0 Å². The van der Waals surface area contributed by atoms with Gasteiger partial charge in [0.2, 0.25) is 0 Å². The normalized spacial score (nSPS) is 11.3. The van der Waals surface area contributed by atoms with Crippen LogP contribution >= 0.6 is 15.8 Å². The maximum atomic E-state index is 13.5. The van der Waals surface area contributed by atoms with Crippen molar-refractivity contribution < 1.29 is 28.2 Å². The molecule has 0 bridgehead atoms. The summed E-state index contributed by atoms with van der Waals surface area (Å²) in [5.74, 6) is 0. The Labute approximate surface area is 197 Å². The Bertz CT molecular complexity index is 291. The molecule has 0 heterocycles. The van der Waals surface area contributed by atoms with Crippen molar-refractivity contribution in [2.45, 2.75) is 136 Å². The predicted molar refractivity (Wildman–Crippen MR) is 130 cm³/mol. The summed E-state index contributed by atoms with van der Waals surface area (Å²) in [5.41, 5.74) is 0. The van der Waals surface area contributed by atoms with Crippen molar-refractivity contribution in [1.29, 1.82) is 0 Å². The van der Waals surface area contributed by atoms with E-state index in [1.165, 1.54) is 116 Å². The summed E-state index contributed by atoms with van der Waals surface area (Å²) in [4.78, 5) is 0. The quantitative estimate of drug-likeness (QED) is 0.0833. The second kappa shape index (κ2) is 26.4. The third-order valence-electron chi connectivity index (χ3n) is 5.76. The molecule has 0 amide bonds. The number of rotatable bonds is 21. The summed E-state index contributed by atoms with van der Waals surface area (Å²) in [7, 11) is 2.37. The molecule has 0 aromatic heterocycles. The monoisotopic (exact) mass is 532 g/mol. The van der Waals surface area contributed by atoms with Crippen LogP contribution in [0.1, 0.15) is 136 Å². The van der Waals surface area contributed by atoms with Crippen LogP contribution in [-0.4, -0.2) is 18.5 Å². The Kier molecular flexibility index (Phi) is 29.8.